The van der Waals surface area contributed by atoms with E-state index in [-0.39, 0.29) is 23.8 Å². The van der Waals surface area contributed by atoms with Gasteiger partial charge >= 0.3 is 0 Å². The van der Waals surface area contributed by atoms with E-state index < -0.39 is 0 Å². The molecule has 0 atom stereocenters. The zero-order valence-corrected chi connectivity index (χ0v) is 15.0. The summed E-state index contributed by atoms with van der Waals surface area (Å²) < 4.78 is 5.34. The lowest BCUT2D eigenvalue weighted by molar-refractivity contribution is 0.0953. The van der Waals surface area contributed by atoms with Crippen molar-refractivity contribution in [1.82, 2.24) is 20.3 Å². The summed E-state index contributed by atoms with van der Waals surface area (Å²) in [6, 6.07) is 10.9. The second kappa shape index (κ2) is 7.40. The first kappa shape index (κ1) is 17.5. The summed E-state index contributed by atoms with van der Waals surface area (Å²) in [6.45, 7) is 0. The number of nitrogens with one attached hydrogen (secondary N) is 1. The third-order valence-electron chi connectivity index (χ3n) is 4.38. The summed E-state index contributed by atoms with van der Waals surface area (Å²) in [5.74, 6) is 0.269. The van der Waals surface area contributed by atoms with Crippen molar-refractivity contribution in [3.05, 3.63) is 78.3 Å². The molecule has 7 nitrogen and oxygen atoms in total. The van der Waals surface area contributed by atoms with Crippen LogP contribution >= 0.6 is 0 Å². The Labute approximate surface area is 160 Å². The number of amides is 1. The molecule has 0 aliphatic rings. The highest BCUT2D eigenvalue weighted by atomic mass is 16.3. The summed E-state index contributed by atoms with van der Waals surface area (Å²) in [6.07, 6.45) is 6.34. The van der Waals surface area contributed by atoms with E-state index >= 15 is 0 Å². The van der Waals surface area contributed by atoms with Gasteiger partial charge in [-0.05, 0) is 29.7 Å². The van der Waals surface area contributed by atoms with Gasteiger partial charge in [-0.25, -0.2) is 4.98 Å². The van der Waals surface area contributed by atoms with Gasteiger partial charge in [-0.1, -0.05) is 12.1 Å². The van der Waals surface area contributed by atoms with Crippen LogP contribution in [0.4, 0.5) is 0 Å². The first-order valence-corrected chi connectivity index (χ1v) is 8.63. The number of aromatic nitrogens is 3. The number of hydrogen-bond acceptors (Lipinski definition) is 6. The van der Waals surface area contributed by atoms with Crippen molar-refractivity contribution in [3.8, 4) is 11.3 Å². The third kappa shape index (κ3) is 3.50. The molecule has 0 spiro atoms. The molecule has 0 bridgehead atoms. The molecule has 4 aromatic rings. The van der Waals surface area contributed by atoms with Gasteiger partial charge in [0.1, 0.15) is 5.69 Å². The Morgan fingerprint density at radius 1 is 1.00 bits per heavy atom. The Kier molecular flexibility index (Phi) is 4.63. The van der Waals surface area contributed by atoms with Crippen molar-refractivity contribution in [2.24, 2.45) is 0 Å². The smallest absolute Gasteiger partial charge is 0.269 e. The van der Waals surface area contributed by atoms with Crippen LogP contribution in [0.3, 0.4) is 0 Å². The molecule has 0 aliphatic carbocycles. The fourth-order valence-electron chi connectivity index (χ4n) is 2.88. The van der Waals surface area contributed by atoms with Crippen LogP contribution in [0.1, 0.15) is 26.5 Å². The number of nitrogens with zero attached hydrogens (tertiary/aromatic N) is 3. The van der Waals surface area contributed by atoms with E-state index in [1.54, 1.807) is 18.5 Å². The SMILES string of the molecule is CNC(=O)c1ccc(C(=O)Cc2cc3cc(-c4cnco4)ccc3cn2)cn1. The van der Waals surface area contributed by atoms with Gasteiger partial charge in [-0.2, -0.15) is 0 Å². The number of carbonyl (C=O) groups is 2. The fraction of sp³-hybridized carbons (Fsp3) is 0.0952. The molecule has 4 rings (SSSR count). The van der Waals surface area contributed by atoms with Gasteiger partial charge in [0, 0.05) is 41.6 Å². The highest BCUT2D eigenvalue weighted by Gasteiger charge is 2.12. The second-order valence-electron chi connectivity index (χ2n) is 6.21. The lowest BCUT2D eigenvalue weighted by Crippen LogP contribution is -2.19. The molecule has 138 valence electrons. The van der Waals surface area contributed by atoms with Gasteiger partial charge in [-0.3, -0.25) is 19.6 Å². The fourth-order valence-corrected chi connectivity index (χ4v) is 2.88. The first-order chi connectivity index (χ1) is 13.6. The Hall–Kier alpha value is -3.87. The molecular formula is C21H16N4O3. The van der Waals surface area contributed by atoms with Gasteiger partial charge in [-0.15, -0.1) is 0 Å². The standard InChI is InChI=1S/C21H16N4O3/c1-22-21(27)18-5-4-15(10-25-18)19(26)8-17-7-16-6-13(20-11-23-12-28-20)2-3-14(16)9-24-17/h2-7,9-12H,8H2,1H3,(H,22,27). The van der Waals surface area contributed by atoms with Gasteiger partial charge in [0.15, 0.2) is 17.9 Å². The normalized spacial score (nSPS) is 10.8. The van der Waals surface area contributed by atoms with Crippen LogP contribution < -0.4 is 5.32 Å². The Morgan fingerprint density at radius 2 is 1.89 bits per heavy atom. The monoisotopic (exact) mass is 372 g/mol. The van der Waals surface area contributed by atoms with Crippen molar-refractivity contribution in [2.45, 2.75) is 6.42 Å². The number of oxazole rings is 1. The van der Waals surface area contributed by atoms with E-state index in [0.717, 1.165) is 16.3 Å². The molecule has 1 N–H and O–H groups in total. The number of ketones is 1. The lowest BCUT2D eigenvalue weighted by atomic mass is 10.0. The minimum absolute atomic E-state index is 0.116. The van der Waals surface area contributed by atoms with Crippen molar-refractivity contribution in [3.63, 3.8) is 0 Å². The first-order valence-electron chi connectivity index (χ1n) is 8.63. The van der Waals surface area contributed by atoms with Gasteiger partial charge in [0.05, 0.1) is 12.6 Å². The molecular weight excluding hydrogens is 356 g/mol. The van der Waals surface area contributed by atoms with E-state index in [4.69, 9.17) is 4.42 Å². The largest absolute Gasteiger partial charge is 0.444 e. The number of hydrogen-bond donors (Lipinski definition) is 1. The van der Waals surface area contributed by atoms with Crippen LogP contribution in [0.5, 0.6) is 0 Å². The van der Waals surface area contributed by atoms with Crippen molar-refractivity contribution >= 4 is 22.5 Å². The van der Waals surface area contributed by atoms with Crippen molar-refractivity contribution in [1.29, 1.82) is 0 Å². The van der Waals surface area contributed by atoms with Crippen LogP contribution in [0.15, 0.2) is 65.8 Å². The molecule has 1 amide bonds. The van der Waals surface area contributed by atoms with Crippen LogP contribution in [-0.2, 0) is 6.42 Å². The Morgan fingerprint density at radius 3 is 2.61 bits per heavy atom. The maximum atomic E-state index is 12.6. The average Bonchev–Trinajstić information content (AvgIpc) is 3.27. The van der Waals surface area contributed by atoms with E-state index in [9.17, 15) is 9.59 Å². The highest BCUT2D eigenvalue weighted by molar-refractivity contribution is 5.98. The maximum Gasteiger partial charge on any atom is 0.269 e. The van der Waals surface area contributed by atoms with Crippen LogP contribution in [0.25, 0.3) is 22.1 Å². The predicted molar refractivity (Wildman–Crippen MR) is 103 cm³/mol. The molecule has 7 heteroatoms. The number of carbonyl (C=O) groups excluding carboxylic acids is 2. The topological polar surface area (TPSA) is 98.0 Å². The van der Waals surface area contributed by atoms with Crippen LogP contribution in [0.2, 0.25) is 0 Å². The average molecular weight is 372 g/mol. The lowest BCUT2D eigenvalue weighted by Gasteiger charge is -2.05. The van der Waals surface area contributed by atoms with Crippen LogP contribution in [-0.4, -0.2) is 33.7 Å². The summed E-state index contributed by atoms with van der Waals surface area (Å²) in [5.41, 5.74) is 2.26. The third-order valence-corrected chi connectivity index (χ3v) is 4.38. The van der Waals surface area contributed by atoms with Crippen molar-refractivity contribution in [2.75, 3.05) is 7.05 Å². The predicted octanol–water partition coefficient (Wildman–Crippen LogP) is 3.07. The summed E-state index contributed by atoms with van der Waals surface area (Å²) in [5, 5.41) is 4.42. The molecule has 0 aliphatic heterocycles. The molecule has 0 unspecified atom stereocenters. The summed E-state index contributed by atoms with van der Waals surface area (Å²) in [4.78, 5) is 36.4. The minimum Gasteiger partial charge on any atom is -0.444 e. The molecule has 0 fully saturated rings. The maximum absolute atomic E-state index is 12.6. The van der Waals surface area contributed by atoms with Gasteiger partial charge in [0.2, 0.25) is 0 Å². The highest BCUT2D eigenvalue weighted by Crippen LogP contribution is 2.24. The number of pyridine rings is 2. The van der Waals surface area contributed by atoms with E-state index in [1.807, 2.05) is 24.3 Å². The molecule has 0 saturated carbocycles. The molecule has 3 aromatic heterocycles. The zero-order chi connectivity index (χ0) is 19.5. The molecule has 1 aromatic carbocycles. The van der Waals surface area contributed by atoms with Crippen molar-refractivity contribution < 1.29 is 14.0 Å². The number of Topliss-reactive ketones (excluding diaryl/α,β-unsaturated/α-hetero) is 1. The quantitative estimate of drug-likeness (QED) is 0.541. The molecule has 28 heavy (non-hydrogen) atoms. The Balaban J connectivity index is 1.57. The summed E-state index contributed by atoms with van der Waals surface area (Å²) in [7, 11) is 1.53. The molecule has 3 heterocycles. The zero-order valence-electron chi connectivity index (χ0n) is 15.0. The molecule has 0 saturated heterocycles. The summed E-state index contributed by atoms with van der Waals surface area (Å²) >= 11 is 0. The van der Waals surface area contributed by atoms with Crippen LogP contribution in [0, 0.1) is 0 Å². The number of rotatable bonds is 5. The van der Waals surface area contributed by atoms with Gasteiger partial charge in [0.25, 0.3) is 5.91 Å². The molecule has 0 radical (unpaired) electrons. The van der Waals surface area contributed by atoms with E-state index in [2.05, 4.69) is 20.3 Å². The second-order valence-corrected chi connectivity index (χ2v) is 6.21. The van der Waals surface area contributed by atoms with Gasteiger partial charge < -0.3 is 9.73 Å². The Bertz CT molecular complexity index is 1150. The number of fused-ring (bicyclic) bond motifs is 1. The number of benzene rings is 1. The van der Waals surface area contributed by atoms with E-state index in [1.165, 1.54) is 25.7 Å². The minimum atomic E-state index is -0.294. The van der Waals surface area contributed by atoms with E-state index in [0.29, 0.717) is 17.0 Å².